The molecule has 0 aliphatic carbocycles. The number of aromatic nitrogens is 4. The first-order chi connectivity index (χ1) is 9.17. The molecule has 2 N–H and O–H groups in total. The first-order valence-corrected chi connectivity index (χ1v) is 6.29. The zero-order chi connectivity index (χ0) is 13.8. The van der Waals surface area contributed by atoms with Gasteiger partial charge in [0.15, 0.2) is 11.2 Å². The number of primary amides is 1. The quantitative estimate of drug-likeness (QED) is 0.779. The van der Waals surface area contributed by atoms with E-state index in [4.69, 9.17) is 22.1 Å². The van der Waals surface area contributed by atoms with E-state index in [1.54, 1.807) is 0 Å². The molecule has 2 aromatic rings. The van der Waals surface area contributed by atoms with Crippen LogP contribution in [0.2, 0.25) is 0 Å². The number of nitrogens with two attached hydrogens (primary N) is 1. The van der Waals surface area contributed by atoms with Crippen LogP contribution in [0.3, 0.4) is 0 Å². The highest BCUT2D eigenvalue weighted by Crippen LogP contribution is 2.22. The van der Waals surface area contributed by atoms with Crippen molar-refractivity contribution >= 4 is 28.7 Å². The Morgan fingerprint density at radius 1 is 1.53 bits per heavy atom. The zero-order valence-electron chi connectivity index (χ0n) is 10.5. The van der Waals surface area contributed by atoms with Gasteiger partial charge in [0.25, 0.3) is 0 Å². The van der Waals surface area contributed by atoms with Crippen molar-refractivity contribution in [2.24, 2.45) is 5.73 Å². The molecular weight excluding hydrogens is 270 g/mol. The zero-order valence-corrected chi connectivity index (χ0v) is 11.2. The molecule has 2 aromatic heterocycles. The van der Waals surface area contributed by atoms with Crippen molar-refractivity contribution in [2.75, 3.05) is 13.0 Å². The lowest BCUT2D eigenvalue weighted by Gasteiger charge is -2.06. The van der Waals surface area contributed by atoms with E-state index in [2.05, 4.69) is 15.0 Å². The third-order valence-electron chi connectivity index (χ3n) is 2.67. The summed E-state index contributed by atoms with van der Waals surface area (Å²) in [6.45, 7) is 0.415. The molecule has 0 bridgehead atoms. The molecule has 2 rings (SSSR count). The van der Waals surface area contributed by atoms with E-state index in [9.17, 15) is 4.79 Å². The number of imidazole rings is 1. The summed E-state index contributed by atoms with van der Waals surface area (Å²) in [6, 6.07) is 0. The fourth-order valence-corrected chi connectivity index (χ4v) is 2.01. The average Bonchev–Trinajstić information content (AvgIpc) is 2.74. The Morgan fingerprint density at radius 2 is 2.32 bits per heavy atom. The number of carbonyl (C=O) groups excluding carboxylic acids is 1. The Bertz CT molecular complexity index is 598. The lowest BCUT2D eigenvalue weighted by atomic mass is 10.3. The monoisotopic (exact) mass is 283 g/mol. The number of alkyl halides is 1. The number of hydrogen-bond acceptors (Lipinski definition) is 5. The van der Waals surface area contributed by atoms with Crippen LogP contribution >= 0.6 is 11.6 Å². The van der Waals surface area contributed by atoms with Crippen LogP contribution in [0, 0.1) is 0 Å². The maximum absolute atomic E-state index is 10.9. The van der Waals surface area contributed by atoms with E-state index in [0.29, 0.717) is 35.9 Å². The molecule has 0 saturated heterocycles. The van der Waals surface area contributed by atoms with Crippen LogP contribution in [0.15, 0.2) is 6.33 Å². The van der Waals surface area contributed by atoms with Gasteiger partial charge in [-0.25, -0.2) is 9.97 Å². The van der Waals surface area contributed by atoms with Gasteiger partial charge >= 0.3 is 0 Å². The fraction of sp³-hybridized carbons (Fsp3) is 0.455. The van der Waals surface area contributed by atoms with E-state index in [-0.39, 0.29) is 12.3 Å². The number of rotatable bonds is 6. The third-order valence-corrected chi connectivity index (χ3v) is 2.86. The van der Waals surface area contributed by atoms with Crippen molar-refractivity contribution in [3.05, 3.63) is 12.2 Å². The highest BCUT2D eigenvalue weighted by molar-refractivity contribution is 6.17. The van der Waals surface area contributed by atoms with Gasteiger partial charge in [-0.3, -0.25) is 4.79 Å². The van der Waals surface area contributed by atoms with Crippen LogP contribution in [0.25, 0.3) is 11.2 Å². The van der Waals surface area contributed by atoms with Gasteiger partial charge in [-0.2, -0.15) is 4.98 Å². The van der Waals surface area contributed by atoms with Gasteiger partial charge in [0.1, 0.15) is 12.2 Å². The molecule has 7 nitrogen and oxygen atoms in total. The predicted molar refractivity (Wildman–Crippen MR) is 70.1 cm³/mol. The molecule has 0 aromatic carbocycles. The third kappa shape index (κ3) is 2.76. The van der Waals surface area contributed by atoms with Crippen LogP contribution in [0.5, 0.6) is 5.88 Å². The summed E-state index contributed by atoms with van der Waals surface area (Å²) < 4.78 is 6.97. The van der Waals surface area contributed by atoms with Gasteiger partial charge in [0.05, 0.1) is 7.11 Å². The summed E-state index contributed by atoms with van der Waals surface area (Å²) in [7, 11) is 1.52. The fourth-order valence-electron chi connectivity index (χ4n) is 1.84. The molecule has 19 heavy (non-hydrogen) atoms. The lowest BCUT2D eigenvalue weighted by Crippen LogP contribution is -2.15. The molecule has 0 spiro atoms. The predicted octanol–water partition coefficient (Wildman–Crippen LogP) is 0.492. The van der Waals surface area contributed by atoms with Crippen molar-refractivity contribution < 1.29 is 9.53 Å². The molecule has 0 fully saturated rings. The number of carbonyl (C=O) groups is 1. The Kier molecular flexibility index (Phi) is 4.16. The molecule has 0 aliphatic heterocycles. The summed E-state index contributed by atoms with van der Waals surface area (Å²) in [4.78, 5) is 23.5. The van der Waals surface area contributed by atoms with E-state index < -0.39 is 0 Å². The molecule has 0 unspecified atom stereocenters. The van der Waals surface area contributed by atoms with Crippen LogP contribution < -0.4 is 10.5 Å². The molecule has 1 amide bonds. The van der Waals surface area contributed by atoms with Gasteiger partial charge in [-0.1, -0.05) is 0 Å². The molecule has 0 atom stereocenters. The minimum atomic E-state index is -0.375. The second-order valence-corrected chi connectivity index (χ2v) is 4.27. The molecule has 0 radical (unpaired) electrons. The highest BCUT2D eigenvalue weighted by Gasteiger charge is 2.16. The molecule has 0 saturated carbocycles. The number of nitrogens with zero attached hydrogens (tertiary/aromatic N) is 4. The topological polar surface area (TPSA) is 95.9 Å². The van der Waals surface area contributed by atoms with E-state index in [1.165, 1.54) is 13.4 Å². The number of hydrogen-bond donors (Lipinski definition) is 1. The second kappa shape index (κ2) is 5.83. The van der Waals surface area contributed by atoms with Crippen LogP contribution in [-0.4, -0.2) is 38.4 Å². The molecule has 8 heteroatoms. The smallest absolute Gasteiger partial charge is 0.245 e. The van der Waals surface area contributed by atoms with Gasteiger partial charge in [0.2, 0.25) is 11.8 Å². The van der Waals surface area contributed by atoms with E-state index in [1.807, 2.05) is 4.57 Å². The van der Waals surface area contributed by atoms with E-state index >= 15 is 0 Å². The summed E-state index contributed by atoms with van der Waals surface area (Å²) in [5.41, 5.74) is 6.36. The van der Waals surface area contributed by atoms with Crippen LogP contribution in [0.4, 0.5) is 0 Å². The SMILES string of the molecule is COc1ncnc2c1nc(CCCl)n2CCC(N)=O. The Morgan fingerprint density at radius 3 is 2.95 bits per heavy atom. The van der Waals surface area contributed by atoms with Crippen LogP contribution in [0.1, 0.15) is 12.2 Å². The van der Waals surface area contributed by atoms with Gasteiger partial charge in [-0.05, 0) is 0 Å². The minimum Gasteiger partial charge on any atom is -0.479 e. The van der Waals surface area contributed by atoms with Gasteiger partial charge in [-0.15, -0.1) is 11.6 Å². The maximum Gasteiger partial charge on any atom is 0.245 e. The number of fused-ring (bicyclic) bond motifs is 1. The number of ether oxygens (including phenoxy) is 1. The second-order valence-electron chi connectivity index (χ2n) is 3.89. The van der Waals surface area contributed by atoms with Crippen molar-refractivity contribution in [1.82, 2.24) is 19.5 Å². The van der Waals surface area contributed by atoms with Gasteiger partial charge < -0.3 is 15.0 Å². The summed E-state index contributed by atoms with van der Waals surface area (Å²) >= 11 is 5.76. The number of methoxy groups -OCH3 is 1. The number of amides is 1. The molecule has 2 heterocycles. The Labute approximate surface area is 114 Å². The molecule has 0 aliphatic rings. The minimum absolute atomic E-state index is 0.215. The number of halogens is 1. The maximum atomic E-state index is 10.9. The average molecular weight is 284 g/mol. The summed E-state index contributed by atoms with van der Waals surface area (Å²) in [5.74, 6) is 1.19. The largest absolute Gasteiger partial charge is 0.479 e. The molecule has 102 valence electrons. The highest BCUT2D eigenvalue weighted by atomic mass is 35.5. The first kappa shape index (κ1) is 13.5. The van der Waals surface area contributed by atoms with Crippen molar-refractivity contribution in [3.8, 4) is 5.88 Å². The van der Waals surface area contributed by atoms with Crippen LogP contribution in [-0.2, 0) is 17.8 Å². The normalized spacial score (nSPS) is 10.8. The Hall–Kier alpha value is -1.89. The van der Waals surface area contributed by atoms with Gasteiger partial charge in [0, 0.05) is 25.3 Å². The lowest BCUT2D eigenvalue weighted by molar-refractivity contribution is -0.118. The molecular formula is C11H14ClN5O2. The summed E-state index contributed by atoms with van der Waals surface area (Å²) in [6.07, 6.45) is 2.18. The Balaban J connectivity index is 2.50. The van der Waals surface area contributed by atoms with E-state index in [0.717, 1.165) is 5.82 Å². The number of aryl methyl sites for hydroxylation is 2. The first-order valence-electron chi connectivity index (χ1n) is 5.75. The summed E-state index contributed by atoms with van der Waals surface area (Å²) in [5, 5.41) is 0. The van der Waals surface area contributed by atoms with Crippen molar-refractivity contribution in [2.45, 2.75) is 19.4 Å². The van der Waals surface area contributed by atoms with Crippen molar-refractivity contribution in [1.29, 1.82) is 0 Å². The van der Waals surface area contributed by atoms with Crippen molar-refractivity contribution in [3.63, 3.8) is 0 Å². The standard InChI is InChI=1S/C11H14ClN5O2/c1-19-11-9-10(14-6-15-11)17(5-3-7(13)18)8(16-9)2-4-12/h6H,2-5H2,1H3,(H2,13,18).